The zero-order valence-corrected chi connectivity index (χ0v) is 15.1. The Morgan fingerprint density at radius 2 is 1.74 bits per heavy atom. The molecule has 0 bridgehead atoms. The van der Waals surface area contributed by atoms with Crippen molar-refractivity contribution in [2.45, 2.75) is 20.0 Å². The lowest BCUT2D eigenvalue weighted by Crippen LogP contribution is -2.07. The highest BCUT2D eigenvalue weighted by atomic mass is 16.5. The van der Waals surface area contributed by atoms with Crippen LogP contribution in [-0.2, 0) is 0 Å². The van der Waals surface area contributed by atoms with E-state index in [1.54, 1.807) is 6.07 Å². The molecule has 0 amide bonds. The minimum atomic E-state index is -0.970. The number of carboxylic acids is 1. The van der Waals surface area contributed by atoms with E-state index >= 15 is 0 Å². The molecule has 1 N–H and O–H groups in total. The number of hydrogen-bond donors (Lipinski definition) is 1. The van der Waals surface area contributed by atoms with E-state index in [0.29, 0.717) is 22.3 Å². The first kappa shape index (κ1) is 17.0. The Kier molecular flexibility index (Phi) is 4.24. The monoisotopic (exact) mass is 357 g/mol. The fraction of sp³-hybridized carbons (Fsp3) is 0.130. The molecule has 0 saturated heterocycles. The van der Waals surface area contributed by atoms with E-state index in [2.05, 4.69) is 0 Å². The van der Waals surface area contributed by atoms with Gasteiger partial charge in [0.05, 0.1) is 22.9 Å². The smallest absolute Gasteiger partial charge is 0.336 e. The lowest BCUT2D eigenvalue weighted by atomic mass is 9.98. The number of benzene rings is 3. The molecule has 0 saturated carbocycles. The number of nitrogens with zero attached hydrogens (tertiary/aromatic N) is 1. The van der Waals surface area contributed by atoms with Crippen LogP contribution in [0.1, 0.15) is 24.2 Å². The van der Waals surface area contributed by atoms with Gasteiger partial charge in [-0.1, -0.05) is 42.5 Å². The molecule has 4 aromatic rings. The predicted molar refractivity (Wildman–Crippen MR) is 107 cm³/mol. The minimum Gasteiger partial charge on any atom is -0.490 e. The van der Waals surface area contributed by atoms with Crippen LogP contribution in [-0.4, -0.2) is 22.2 Å². The molecule has 4 rings (SSSR count). The van der Waals surface area contributed by atoms with Crippen molar-refractivity contribution in [3.8, 4) is 17.0 Å². The van der Waals surface area contributed by atoms with Crippen LogP contribution in [0.3, 0.4) is 0 Å². The van der Waals surface area contributed by atoms with Gasteiger partial charge in [0.2, 0.25) is 0 Å². The number of fused-ring (bicyclic) bond motifs is 3. The van der Waals surface area contributed by atoms with Crippen molar-refractivity contribution in [2.24, 2.45) is 0 Å². The van der Waals surface area contributed by atoms with E-state index in [9.17, 15) is 9.90 Å². The van der Waals surface area contributed by atoms with Crippen molar-refractivity contribution >= 4 is 27.6 Å². The molecule has 0 fully saturated rings. The topological polar surface area (TPSA) is 59.4 Å². The Hall–Kier alpha value is -3.40. The fourth-order valence-electron chi connectivity index (χ4n) is 3.35. The van der Waals surface area contributed by atoms with Gasteiger partial charge in [0.1, 0.15) is 5.75 Å². The van der Waals surface area contributed by atoms with Gasteiger partial charge in [-0.2, -0.15) is 0 Å². The van der Waals surface area contributed by atoms with Crippen LogP contribution in [0.25, 0.3) is 32.9 Å². The van der Waals surface area contributed by atoms with Crippen molar-refractivity contribution in [2.75, 3.05) is 0 Å². The summed E-state index contributed by atoms with van der Waals surface area (Å²) in [5.74, 6) is -0.279. The molecule has 4 nitrogen and oxygen atoms in total. The quantitative estimate of drug-likeness (QED) is 0.487. The number of carbonyl (C=O) groups is 1. The Labute approximate surface area is 157 Å². The maximum absolute atomic E-state index is 12.0. The SMILES string of the molecule is CC(C)Oc1ccccc1-c1cc(C(=O)O)c2c(ccc3ccccc32)n1. The Bertz CT molecular complexity index is 1160. The van der Waals surface area contributed by atoms with Gasteiger partial charge in [-0.05, 0) is 48.9 Å². The second kappa shape index (κ2) is 6.72. The zero-order chi connectivity index (χ0) is 19.0. The van der Waals surface area contributed by atoms with Crippen LogP contribution < -0.4 is 4.74 Å². The van der Waals surface area contributed by atoms with Crippen LogP contribution in [0.15, 0.2) is 66.7 Å². The van der Waals surface area contributed by atoms with Gasteiger partial charge < -0.3 is 9.84 Å². The number of aromatic carboxylic acids is 1. The lowest BCUT2D eigenvalue weighted by molar-refractivity contribution is 0.0699. The molecule has 0 spiro atoms. The summed E-state index contributed by atoms with van der Waals surface area (Å²) in [4.78, 5) is 16.8. The first-order chi connectivity index (χ1) is 13.0. The van der Waals surface area contributed by atoms with Crippen molar-refractivity contribution in [3.05, 3.63) is 72.3 Å². The summed E-state index contributed by atoms with van der Waals surface area (Å²) in [6.45, 7) is 3.92. The minimum absolute atomic E-state index is 0.00879. The molecule has 1 heterocycles. The fourth-order valence-corrected chi connectivity index (χ4v) is 3.35. The third-order valence-corrected chi connectivity index (χ3v) is 4.45. The summed E-state index contributed by atoms with van der Waals surface area (Å²) in [6.07, 6.45) is 0.00879. The van der Waals surface area contributed by atoms with Gasteiger partial charge >= 0.3 is 5.97 Å². The van der Waals surface area contributed by atoms with Gasteiger partial charge in [-0.3, -0.25) is 0 Å². The van der Waals surface area contributed by atoms with E-state index in [-0.39, 0.29) is 11.7 Å². The average Bonchev–Trinajstić information content (AvgIpc) is 2.66. The summed E-state index contributed by atoms with van der Waals surface area (Å²) < 4.78 is 5.89. The summed E-state index contributed by atoms with van der Waals surface area (Å²) >= 11 is 0. The highest BCUT2D eigenvalue weighted by molar-refractivity contribution is 6.15. The predicted octanol–water partition coefficient (Wildman–Crippen LogP) is 5.54. The average molecular weight is 357 g/mol. The molecular formula is C23H19NO3. The third kappa shape index (κ3) is 3.10. The number of aromatic nitrogens is 1. The van der Waals surface area contributed by atoms with Gasteiger partial charge in [0.25, 0.3) is 0 Å². The molecule has 0 atom stereocenters. The highest BCUT2D eigenvalue weighted by Gasteiger charge is 2.17. The molecule has 134 valence electrons. The Balaban J connectivity index is 2.02. The second-order valence-corrected chi connectivity index (χ2v) is 6.70. The van der Waals surface area contributed by atoms with Crippen LogP contribution in [0.2, 0.25) is 0 Å². The molecule has 0 aliphatic carbocycles. The maximum atomic E-state index is 12.0. The summed E-state index contributed by atoms with van der Waals surface area (Å²) in [5, 5.41) is 12.4. The highest BCUT2D eigenvalue weighted by Crippen LogP contribution is 2.34. The normalized spacial score (nSPS) is 11.2. The van der Waals surface area contributed by atoms with Crippen molar-refractivity contribution in [1.82, 2.24) is 4.98 Å². The van der Waals surface area contributed by atoms with Crippen LogP contribution >= 0.6 is 0 Å². The summed E-state index contributed by atoms with van der Waals surface area (Å²) in [7, 11) is 0. The van der Waals surface area contributed by atoms with Crippen LogP contribution in [0.4, 0.5) is 0 Å². The molecule has 0 unspecified atom stereocenters. The Morgan fingerprint density at radius 1 is 1.00 bits per heavy atom. The van der Waals surface area contributed by atoms with E-state index < -0.39 is 5.97 Å². The van der Waals surface area contributed by atoms with E-state index in [4.69, 9.17) is 9.72 Å². The molecule has 0 aliphatic heterocycles. The molecule has 27 heavy (non-hydrogen) atoms. The van der Waals surface area contributed by atoms with Gasteiger partial charge in [0, 0.05) is 10.9 Å². The summed E-state index contributed by atoms with van der Waals surface area (Å²) in [5.41, 5.74) is 2.27. The largest absolute Gasteiger partial charge is 0.490 e. The molecule has 1 aromatic heterocycles. The number of hydrogen-bond acceptors (Lipinski definition) is 3. The van der Waals surface area contributed by atoms with E-state index in [1.807, 2.05) is 74.5 Å². The molecule has 0 radical (unpaired) electrons. The Morgan fingerprint density at radius 3 is 2.52 bits per heavy atom. The maximum Gasteiger partial charge on any atom is 0.336 e. The molecule has 4 heteroatoms. The van der Waals surface area contributed by atoms with Gasteiger partial charge in [-0.15, -0.1) is 0 Å². The van der Waals surface area contributed by atoms with E-state index in [1.165, 1.54) is 0 Å². The number of rotatable bonds is 4. The number of ether oxygens (including phenoxy) is 1. The second-order valence-electron chi connectivity index (χ2n) is 6.70. The van der Waals surface area contributed by atoms with Crippen LogP contribution in [0.5, 0.6) is 5.75 Å². The molecule has 3 aromatic carbocycles. The zero-order valence-electron chi connectivity index (χ0n) is 15.1. The van der Waals surface area contributed by atoms with Crippen molar-refractivity contribution in [1.29, 1.82) is 0 Å². The summed E-state index contributed by atoms with van der Waals surface area (Å²) in [6, 6.07) is 20.8. The van der Waals surface area contributed by atoms with Crippen molar-refractivity contribution in [3.63, 3.8) is 0 Å². The van der Waals surface area contributed by atoms with Crippen molar-refractivity contribution < 1.29 is 14.6 Å². The third-order valence-electron chi connectivity index (χ3n) is 4.45. The van der Waals surface area contributed by atoms with E-state index in [0.717, 1.165) is 16.3 Å². The lowest BCUT2D eigenvalue weighted by Gasteiger charge is -2.15. The van der Waals surface area contributed by atoms with Crippen LogP contribution in [0, 0.1) is 0 Å². The number of pyridine rings is 1. The van der Waals surface area contributed by atoms with Gasteiger partial charge in [0.15, 0.2) is 0 Å². The standard InChI is InChI=1S/C23H19NO3/c1-14(2)27-21-10-6-5-9-17(21)20-13-18(23(25)26)22-16-8-4-3-7-15(16)11-12-19(22)24-20/h3-14H,1-2H3,(H,25,26). The number of para-hydroxylation sites is 1. The first-order valence-corrected chi connectivity index (χ1v) is 8.86. The first-order valence-electron chi connectivity index (χ1n) is 8.86. The van der Waals surface area contributed by atoms with Gasteiger partial charge in [-0.25, -0.2) is 9.78 Å². The number of carboxylic acid groups (broad SMARTS) is 1. The molecular weight excluding hydrogens is 338 g/mol. The molecule has 0 aliphatic rings.